The molecule has 0 aromatic carbocycles. The topological polar surface area (TPSA) is 65.4 Å². The Bertz CT molecular complexity index is 390. The highest BCUT2D eigenvalue weighted by molar-refractivity contribution is 5.90. The van der Waals surface area contributed by atoms with E-state index in [1.807, 2.05) is 13.0 Å². The van der Waals surface area contributed by atoms with Crippen molar-refractivity contribution in [3.8, 4) is 0 Å². The quantitative estimate of drug-likeness (QED) is 0.690. The predicted octanol–water partition coefficient (Wildman–Crippen LogP) is 1.50. The number of amides is 1. The van der Waals surface area contributed by atoms with Crippen LogP contribution in [0.3, 0.4) is 0 Å². The zero-order valence-electron chi connectivity index (χ0n) is 11.9. The van der Waals surface area contributed by atoms with Crippen molar-refractivity contribution in [1.82, 2.24) is 9.78 Å². The van der Waals surface area contributed by atoms with Crippen LogP contribution in [0.25, 0.3) is 0 Å². The first-order chi connectivity index (χ1) is 9.13. The van der Waals surface area contributed by atoms with Gasteiger partial charge in [-0.3, -0.25) is 9.48 Å². The number of carbonyl (C=O) groups excluding carboxylic acids is 1. The molecular weight excluding hydrogens is 246 g/mol. The van der Waals surface area contributed by atoms with E-state index in [1.54, 1.807) is 11.7 Å². The minimum Gasteiger partial charge on any atom is -0.379 e. The largest absolute Gasteiger partial charge is 0.379 e. The summed E-state index contributed by atoms with van der Waals surface area (Å²) >= 11 is 0. The SMILES string of the molecule is CCCCOCCOCC(=O)Nc1cc(C)nn1C. The molecule has 6 nitrogen and oxygen atoms in total. The Balaban J connectivity index is 2.10. The van der Waals surface area contributed by atoms with E-state index in [1.165, 1.54) is 0 Å². The molecule has 1 aromatic heterocycles. The van der Waals surface area contributed by atoms with Crippen molar-refractivity contribution in [3.05, 3.63) is 11.8 Å². The molecule has 0 saturated carbocycles. The van der Waals surface area contributed by atoms with E-state index >= 15 is 0 Å². The molecule has 1 heterocycles. The Hall–Kier alpha value is -1.40. The van der Waals surface area contributed by atoms with E-state index < -0.39 is 0 Å². The number of nitrogens with one attached hydrogen (secondary N) is 1. The number of aromatic nitrogens is 2. The van der Waals surface area contributed by atoms with Gasteiger partial charge in [-0.25, -0.2) is 0 Å². The molecule has 0 aliphatic rings. The molecule has 19 heavy (non-hydrogen) atoms. The molecule has 1 rings (SSSR count). The van der Waals surface area contributed by atoms with Crippen LogP contribution in [-0.2, 0) is 21.3 Å². The van der Waals surface area contributed by atoms with Gasteiger partial charge in [0.25, 0.3) is 5.91 Å². The lowest BCUT2D eigenvalue weighted by molar-refractivity contribution is -0.121. The minimum absolute atomic E-state index is 0.0291. The molecule has 0 saturated heterocycles. The van der Waals surface area contributed by atoms with E-state index in [-0.39, 0.29) is 12.5 Å². The Labute approximate surface area is 114 Å². The third-order valence-electron chi connectivity index (χ3n) is 2.52. The fraction of sp³-hybridized carbons (Fsp3) is 0.692. The number of carbonyl (C=O) groups is 1. The first-order valence-corrected chi connectivity index (χ1v) is 6.59. The molecule has 0 unspecified atom stereocenters. The molecule has 0 bridgehead atoms. The summed E-state index contributed by atoms with van der Waals surface area (Å²) in [6, 6.07) is 1.81. The van der Waals surface area contributed by atoms with Gasteiger partial charge in [0.05, 0.1) is 18.9 Å². The lowest BCUT2D eigenvalue weighted by Crippen LogP contribution is -2.21. The van der Waals surface area contributed by atoms with Gasteiger partial charge in [-0.15, -0.1) is 0 Å². The highest BCUT2D eigenvalue weighted by Gasteiger charge is 2.06. The Morgan fingerprint density at radius 1 is 1.37 bits per heavy atom. The molecule has 0 aliphatic heterocycles. The number of hydrogen-bond donors (Lipinski definition) is 1. The molecule has 1 aromatic rings. The molecule has 108 valence electrons. The van der Waals surface area contributed by atoms with Crippen LogP contribution in [0.5, 0.6) is 0 Å². The third kappa shape index (κ3) is 6.35. The van der Waals surface area contributed by atoms with Crippen molar-refractivity contribution in [2.45, 2.75) is 26.7 Å². The van der Waals surface area contributed by atoms with Gasteiger partial charge in [0, 0.05) is 19.7 Å². The number of hydrogen-bond acceptors (Lipinski definition) is 4. The van der Waals surface area contributed by atoms with Crippen LogP contribution in [0.4, 0.5) is 5.82 Å². The van der Waals surface area contributed by atoms with Crippen molar-refractivity contribution in [2.75, 3.05) is 31.7 Å². The Morgan fingerprint density at radius 3 is 2.74 bits per heavy atom. The number of nitrogens with zero attached hydrogens (tertiary/aromatic N) is 2. The van der Waals surface area contributed by atoms with E-state index in [9.17, 15) is 4.79 Å². The van der Waals surface area contributed by atoms with Crippen LogP contribution < -0.4 is 5.32 Å². The van der Waals surface area contributed by atoms with E-state index in [0.29, 0.717) is 19.0 Å². The van der Waals surface area contributed by atoms with Gasteiger partial charge in [-0.2, -0.15) is 5.10 Å². The van der Waals surface area contributed by atoms with Crippen molar-refractivity contribution < 1.29 is 14.3 Å². The summed E-state index contributed by atoms with van der Waals surface area (Å²) in [5.74, 6) is 0.488. The van der Waals surface area contributed by atoms with E-state index in [0.717, 1.165) is 25.1 Å². The number of ether oxygens (including phenoxy) is 2. The standard InChI is InChI=1S/C13H23N3O3/c1-4-5-6-18-7-8-19-10-13(17)14-12-9-11(2)15-16(12)3/h9H,4-8,10H2,1-3H3,(H,14,17). The molecule has 0 fully saturated rings. The van der Waals surface area contributed by atoms with E-state index in [2.05, 4.69) is 17.3 Å². The average Bonchev–Trinajstić information content (AvgIpc) is 2.66. The molecule has 0 radical (unpaired) electrons. The number of rotatable bonds is 9. The molecule has 1 amide bonds. The monoisotopic (exact) mass is 269 g/mol. The smallest absolute Gasteiger partial charge is 0.251 e. The van der Waals surface area contributed by atoms with Gasteiger partial charge < -0.3 is 14.8 Å². The zero-order valence-corrected chi connectivity index (χ0v) is 11.9. The van der Waals surface area contributed by atoms with Gasteiger partial charge in [-0.05, 0) is 13.3 Å². The van der Waals surface area contributed by atoms with Gasteiger partial charge in [0.2, 0.25) is 0 Å². The number of anilines is 1. The van der Waals surface area contributed by atoms with Crippen LogP contribution in [0.2, 0.25) is 0 Å². The zero-order chi connectivity index (χ0) is 14.1. The normalized spacial score (nSPS) is 10.7. The van der Waals surface area contributed by atoms with Crippen LogP contribution in [-0.4, -0.2) is 42.1 Å². The van der Waals surface area contributed by atoms with Crippen LogP contribution >= 0.6 is 0 Å². The molecule has 0 spiro atoms. The summed E-state index contributed by atoms with van der Waals surface area (Å²) in [6.07, 6.45) is 2.17. The van der Waals surface area contributed by atoms with Gasteiger partial charge in [-0.1, -0.05) is 13.3 Å². The summed E-state index contributed by atoms with van der Waals surface area (Å²) in [5.41, 5.74) is 0.864. The van der Waals surface area contributed by atoms with E-state index in [4.69, 9.17) is 9.47 Å². The summed E-state index contributed by atoms with van der Waals surface area (Å²) < 4.78 is 12.2. The molecule has 1 N–H and O–H groups in total. The third-order valence-corrected chi connectivity index (χ3v) is 2.52. The molecular formula is C13H23N3O3. The Kier molecular flexibility index (Phi) is 7.14. The van der Waals surface area contributed by atoms with Crippen LogP contribution in [0.1, 0.15) is 25.5 Å². The lowest BCUT2D eigenvalue weighted by Gasteiger charge is -2.06. The molecule has 0 atom stereocenters. The minimum atomic E-state index is -0.184. The second-order valence-corrected chi connectivity index (χ2v) is 4.36. The fourth-order valence-corrected chi connectivity index (χ4v) is 1.54. The highest BCUT2D eigenvalue weighted by Crippen LogP contribution is 2.07. The van der Waals surface area contributed by atoms with Crippen LogP contribution in [0, 0.1) is 6.92 Å². The summed E-state index contributed by atoms with van der Waals surface area (Å²) in [4.78, 5) is 11.6. The summed E-state index contributed by atoms with van der Waals surface area (Å²) in [6.45, 7) is 5.73. The highest BCUT2D eigenvalue weighted by atomic mass is 16.5. The van der Waals surface area contributed by atoms with Gasteiger partial charge in [0.1, 0.15) is 12.4 Å². The van der Waals surface area contributed by atoms with Gasteiger partial charge in [0.15, 0.2) is 0 Å². The summed E-state index contributed by atoms with van der Waals surface area (Å²) in [5, 5.41) is 6.88. The van der Waals surface area contributed by atoms with Crippen molar-refractivity contribution in [3.63, 3.8) is 0 Å². The average molecular weight is 269 g/mol. The molecule has 6 heteroatoms. The lowest BCUT2D eigenvalue weighted by atomic mass is 10.4. The Morgan fingerprint density at radius 2 is 2.11 bits per heavy atom. The second kappa shape index (κ2) is 8.66. The van der Waals surface area contributed by atoms with Gasteiger partial charge >= 0.3 is 0 Å². The first-order valence-electron chi connectivity index (χ1n) is 6.59. The van der Waals surface area contributed by atoms with Crippen molar-refractivity contribution in [1.29, 1.82) is 0 Å². The first kappa shape index (κ1) is 15.7. The molecule has 0 aliphatic carbocycles. The summed E-state index contributed by atoms with van der Waals surface area (Å²) in [7, 11) is 1.78. The fourth-order valence-electron chi connectivity index (χ4n) is 1.54. The maximum atomic E-state index is 11.6. The van der Waals surface area contributed by atoms with Crippen molar-refractivity contribution in [2.24, 2.45) is 7.05 Å². The predicted molar refractivity (Wildman–Crippen MR) is 73.1 cm³/mol. The number of unbranched alkanes of at least 4 members (excludes halogenated alkanes) is 1. The maximum Gasteiger partial charge on any atom is 0.251 e. The van der Waals surface area contributed by atoms with Crippen LogP contribution in [0.15, 0.2) is 6.07 Å². The second-order valence-electron chi connectivity index (χ2n) is 4.36. The maximum absolute atomic E-state index is 11.6. The van der Waals surface area contributed by atoms with Crippen molar-refractivity contribution >= 4 is 11.7 Å². The number of aryl methyl sites for hydroxylation is 2.